The van der Waals surface area contributed by atoms with Crippen molar-refractivity contribution in [3.8, 4) is 28.7 Å². The first kappa shape index (κ1) is 24.1. The average Bonchev–Trinajstić information content (AvgIpc) is 2.88. The fourth-order valence-electron chi connectivity index (χ4n) is 3.65. The third-order valence-corrected chi connectivity index (χ3v) is 5.64. The molecule has 3 rings (SSSR count). The van der Waals surface area contributed by atoms with Crippen LogP contribution in [-0.4, -0.2) is 13.2 Å². The predicted molar refractivity (Wildman–Crippen MR) is 136 cm³/mol. The van der Waals surface area contributed by atoms with Gasteiger partial charge in [0.15, 0.2) is 0 Å². The van der Waals surface area contributed by atoms with Crippen molar-refractivity contribution in [1.82, 2.24) is 0 Å². The number of nitrogens with zero attached hydrogens (tertiary/aromatic N) is 1. The summed E-state index contributed by atoms with van der Waals surface area (Å²) in [4.78, 5) is 0. The van der Waals surface area contributed by atoms with Gasteiger partial charge in [-0.2, -0.15) is 5.26 Å². The van der Waals surface area contributed by atoms with Crippen LogP contribution in [0, 0.1) is 11.3 Å². The first-order chi connectivity index (χ1) is 16.3. The number of benzene rings is 3. The molecule has 3 nitrogen and oxygen atoms in total. The van der Waals surface area contributed by atoms with Gasteiger partial charge in [-0.3, -0.25) is 0 Å². The van der Waals surface area contributed by atoms with E-state index in [9.17, 15) is 0 Å². The number of unbranched alkanes of at least 4 members (excludes halogenated alkanes) is 6. The summed E-state index contributed by atoms with van der Waals surface area (Å²) in [6, 6.07) is 26.0. The molecule has 0 spiro atoms. The number of hydrogen-bond donors (Lipinski definition) is 0. The maximum atomic E-state index is 8.91. The molecule has 0 aromatic heterocycles. The van der Waals surface area contributed by atoms with Crippen LogP contribution in [0.5, 0.6) is 11.5 Å². The van der Waals surface area contributed by atoms with E-state index in [4.69, 9.17) is 14.7 Å². The highest BCUT2D eigenvalue weighted by Crippen LogP contribution is 2.23. The Labute approximate surface area is 198 Å². The maximum Gasteiger partial charge on any atom is 0.119 e. The predicted octanol–water partition coefficient (Wildman–Crippen LogP) is 8.06. The summed E-state index contributed by atoms with van der Waals surface area (Å²) in [6.45, 7) is 5.31. The molecule has 3 aromatic rings. The largest absolute Gasteiger partial charge is 0.494 e. The molecule has 0 bridgehead atoms. The van der Waals surface area contributed by atoms with Crippen LogP contribution in [0.1, 0.15) is 56.1 Å². The zero-order valence-corrected chi connectivity index (χ0v) is 19.3. The first-order valence-corrected chi connectivity index (χ1v) is 11.9. The minimum atomic E-state index is 0.679. The summed E-state index contributed by atoms with van der Waals surface area (Å²) >= 11 is 0. The van der Waals surface area contributed by atoms with Crippen molar-refractivity contribution in [2.75, 3.05) is 13.2 Å². The quantitative estimate of drug-likeness (QED) is 0.239. The SMILES string of the molecule is C=Cc1ccc(OCCCCCCCCCOc2ccc(-c3ccc(C#N)cc3)cc2)cc1. The smallest absolute Gasteiger partial charge is 0.119 e. The van der Waals surface area contributed by atoms with E-state index < -0.39 is 0 Å². The van der Waals surface area contributed by atoms with Crippen molar-refractivity contribution >= 4 is 6.08 Å². The van der Waals surface area contributed by atoms with Gasteiger partial charge in [-0.05, 0) is 65.9 Å². The van der Waals surface area contributed by atoms with Crippen molar-refractivity contribution in [3.63, 3.8) is 0 Å². The summed E-state index contributed by atoms with van der Waals surface area (Å²) in [5.74, 6) is 1.84. The lowest BCUT2D eigenvalue weighted by Crippen LogP contribution is -1.98. The molecule has 3 aromatic carbocycles. The van der Waals surface area contributed by atoms with Gasteiger partial charge < -0.3 is 9.47 Å². The molecule has 0 unspecified atom stereocenters. The molecule has 0 N–H and O–H groups in total. The van der Waals surface area contributed by atoms with E-state index in [1.165, 1.54) is 32.1 Å². The molecule has 0 radical (unpaired) electrons. The molecule has 170 valence electrons. The van der Waals surface area contributed by atoms with E-state index in [0.717, 1.165) is 54.2 Å². The van der Waals surface area contributed by atoms with E-state index in [1.54, 1.807) is 0 Å². The van der Waals surface area contributed by atoms with Crippen molar-refractivity contribution < 1.29 is 9.47 Å². The van der Waals surface area contributed by atoms with E-state index in [0.29, 0.717) is 5.56 Å². The second kappa shape index (κ2) is 13.8. The topological polar surface area (TPSA) is 42.2 Å². The van der Waals surface area contributed by atoms with Gasteiger partial charge in [0.05, 0.1) is 24.8 Å². The summed E-state index contributed by atoms with van der Waals surface area (Å²) < 4.78 is 11.7. The lowest BCUT2D eigenvalue weighted by atomic mass is 10.0. The Morgan fingerprint density at radius 2 is 1.03 bits per heavy atom. The van der Waals surface area contributed by atoms with Crippen LogP contribution in [0.15, 0.2) is 79.4 Å². The molecule has 33 heavy (non-hydrogen) atoms. The highest BCUT2D eigenvalue weighted by atomic mass is 16.5. The summed E-state index contributed by atoms with van der Waals surface area (Å²) in [5, 5.41) is 8.91. The molecular weight excluding hydrogens is 406 g/mol. The van der Waals surface area contributed by atoms with Crippen molar-refractivity contribution in [1.29, 1.82) is 5.26 Å². The van der Waals surface area contributed by atoms with Crippen LogP contribution in [0.2, 0.25) is 0 Å². The van der Waals surface area contributed by atoms with Crippen LogP contribution in [-0.2, 0) is 0 Å². The molecule has 3 heteroatoms. The maximum absolute atomic E-state index is 8.91. The molecule has 0 fully saturated rings. The summed E-state index contributed by atoms with van der Waals surface area (Å²) in [6.07, 6.45) is 10.2. The number of rotatable bonds is 14. The molecule has 0 saturated heterocycles. The standard InChI is InChI=1S/C30H33NO2/c1-2-25-12-18-29(19-13-25)32-22-8-6-4-3-5-7-9-23-33-30-20-16-28(17-21-30)27-14-10-26(24-31)11-15-27/h2,10-21H,1,3-9,22-23H2. The third kappa shape index (κ3) is 8.50. The monoisotopic (exact) mass is 439 g/mol. The lowest BCUT2D eigenvalue weighted by Gasteiger charge is -2.08. The van der Waals surface area contributed by atoms with E-state index in [-0.39, 0.29) is 0 Å². The van der Waals surface area contributed by atoms with Gasteiger partial charge in [-0.1, -0.05) is 81.2 Å². The van der Waals surface area contributed by atoms with Crippen LogP contribution >= 0.6 is 0 Å². The van der Waals surface area contributed by atoms with Crippen LogP contribution in [0.25, 0.3) is 17.2 Å². The number of ether oxygens (including phenoxy) is 2. The molecule has 0 saturated carbocycles. The molecule has 0 aliphatic heterocycles. The fraction of sp³-hybridized carbons (Fsp3) is 0.300. The zero-order valence-electron chi connectivity index (χ0n) is 19.3. The Bertz CT molecular complexity index is 999. The highest BCUT2D eigenvalue weighted by Gasteiger charge is 2.00. The third-order valence-electron chi connectivity index (χ3n) is 5.64. The molecule has 0 aliphatic carbocycles. The molecule has 0 amide bonds. The minimum absolute atomic E-state index is 0.679. The second-order valence-electron chi connectivity index (χ2n) is 8.16. The fourth-order valence-corrected chi connectivity index (χ4v) is 3.65. The molecular formula is C30H33NO2. The van der Waals surface area contributed by atoms with Gasteiger partial charge >= 0.3 is 0 Å². The van der Waals surface area contributed by atoms with E-state index in [1.807, 2.05) is 66.7 Å². The Kier molecular flexibility index (Phi) is 10.1. The minimum Gasteiger partial charge on any atom is -0.494 e. The van der Waals surface area contributed by atoms with Crippen molar-refractivity contribution in [2.24, 2.45) is 0 Å². The Hall–Kier alpha value is -3.51. The van der Waals surface area contributed by atoms with Crippen molar-refractivity contribution in [2.45, 2.75) is 44.9 Å². The number of nitriles is 1. The van der Waals surface area contributed by atoms with Crippen LogP contribution in [0.3, 0.4) is 0 Å². The first-order valence-electron chi connectivity index (χ1n) is 11.9. The van der Waals surface area contributed by atoms with E-state index in [2.05, 4.69) is 24.8 Å². The van der Waals surface area contributed by atoms with Gasteiger partial charge in [-0.25, -0.2) is 0 Å². The Morgan fingerprint density at radius 3 is 1.48 bits per heavy atom. The Balaban J connectivity index is 1.19. The van der Waals surface area contributed by atoms with Crippen molar-refractivity contribution in [3.05, 3.63) is 90.5 Å². The highest BCUT2D eigenvalue weighted by molar-refractivity contribution is 5.64. The van der Waals surface area contributed by atoms with Gasteiger partial charge in [0.1, 0.15) is 11.5 Å². The molecule has 0 aliphatic rings. The molecule has 0 heterocycles. The summed E-state index contributed by atoms with van der Waals surface area (Å²) in [5.41, 5.74) is 4.03. The van der Waals surface area contributed by atoms with E-state index >= 15 is 0 Å². The zero-order chi connectivity index (χ0) is 23.1. The molecule has 0 atom stereocenters. The number of hydrogen-bond acceptors (Lipinski definition) is 3. The van der Waals surface area contributed by atoms with Gasteiger partial charge in [0, 0.05) is 0 Å². The van der Waals surface area contributed by atoms with Crippen LogP contribution < -0.4 is 9.47 Å². The average molecular weight is 440 g/mol. The lowest BCUT2D eigenvalue weighted by molar-refractivity contribution is 0.299. The van der Waals surface area contributed by atoms with Gasteiger partial charge in [-0.15, -0.1) is 0 Å². The van der Waals surface area contributed by atoms with Gasteiger partial charge in [0.25, 0.3) is 0 Å². The van der Waals surface area contributed by atoms with Crippen LogP contribution in [0.4, 0.5) is 0 Å². The second-order valence-corrected chi connectivity index (χ2v) is 8.16. The normalized spacial score (nSPS) is 10.4. The summed E-state index contributed by atoms with van der Waals surface area (Å²) in [7, 11) is 0. The Morgan fingerprint density at radius 1 is 0.606 bits per heavy atom. The van der Waals surface area contributed by atoms with Gasteiger partial charge in [0.2, 0.25) is 0 Å².